The van der Waals surface area contributed by atoms with Gasteiger partial charge in [-0.3, -0.25) is 4.79 Å². The van der Waals surface area contributed by atoms with Crippen molar-refractivity contribution in [2.75, 3.05) is 6.54 Å². The molecule has 0 spiro atoms. The van der Waals surface area contributed by atoms with E-state index in [9.17, 15) is 4.79 Å². The first-order valence-corrected chi connectivity index (χ1v) is 5.34. The highest BCUT2D eigenvalue weighted by Gasteiger charge is 2.07. The van der Waals surface area contributed by atoms with Gasteiger partial charge in [-0.25, -0.2) is 0 Å². The first-order chi connectivity index (χ1) is 7.52. The van der Waals surface area contributed by atoms with Crippen molar-refractivity contribution in [2.24, 2.45) is 10.9 Å². The molecule has 0 aliphatic rings. The smallest absolute Gasteiger partial charge is 0.251 e. The second-order valence-electron chi connectivity index (χ2n) is 3.29. The van der Waals surface area contributed by atoms with Crippen LogP contribution in [0.4, 0.5) is 0 Å². The predicted octanol–water partition coefficient (Wildman–Crippen LogP) is 1.23. The van der Waals surface area contributed by atoms with Crippen LogP contribution in [0.3, 0.4) is 0 Å². The Morgan fingerprint density at radius 3 is 2.81 bits per heavy atom. The molecule has 0 heterocycles. The molecular weight excluding hydrogens is 274 g/mol. The van der Waals surface area contributed by atoms with E-state index in [0.29, 0.717) is 5.56 Å². The van der Waals surface area contributed by atoms with Crippen LogP contribution in [0, 0.1) is 6.92 Å². The fourth-order valence-electron chi connectivity index (χ4n) is 1.18. The molecule has 0 bridgehead atoms. The maximum absolute atomic E-state index is 11.6. The summed E-state index contributed by atoms with van der Waals surface area (Å²) in [5, 5.41) is 13.6. The highest BCUT2D eigenvalue weighted by atomic mass is 79.9. The molecule has 4 N–H and O–H groups in total. The van der Waals surface area contributed by atoms with Crippen LogP contribution in [-0.4, -0.2) is 23.5 Å². The highest BCUT2D eigenvalue weighted by molar-refractivity contribution is 9.10. The number of carbonyl (C=O) groups excluding carboxylic acids is 1. The molecule has 1 amide bonds. The van der Waals surface area contributed by atoms with E-state index in [1.165, 1.54) is 0 Å². The third-order valence-electron chi connectivity index (χ3n) is 1.86. The maximum atomic E-state index is 11.6. The number of rotatable bonds is 3. The minimum atomic E-state index is -0.268. The number of nitrogens with one attached hydrogen (secondary N) is 1. The van der Waals surface area contributed by atoms with Crippen LogP contribution in [0.5, 0.6) is 0 Å². The zero-order chi connectivity index (χ0) is 12.1. The van der Waals surface area contributed by atoms with E-state index in [0.717, 1.165) is 10.0 Å². The van der Waals surface area contributed by atoms with Crippen LogP contribution in [0.1, 0.15) is 15.9 Å². The molecule has 0 aliphatic heterocycles. The molecule has 0 aliphatic carbocycles. The minimum Gasteiger partial charge on any atom is -0.409 e. The molecule has 0 aromatic heterocycles. The molecule has 0 radical (unpaired) electrons. The molecule has 0 fully saturated rings. The normalized spacial score (nSPS) is 11.2. The SMILES string of the molecule is Cc1cc(Br)cc(C(=O)NC/C(N)=N/O)c1. The number of hydrogen-bond donors (Lipinski definition) is 3. The number of benzene rings is 1. The Kier molecular flexibility index (Phi) is 4.30. The summed E-state index contributed by atoms with van der Waals surface area (Å²) in [5.74, 6) is -0.309. The first kappa shape index (κ1) is 12.5. The Balaban J connectivity index is 2.73. The van der Waals surface area contributed by atoms with Crippen LogP contribution >= 0.6 is 15.9 Å². The molecule has 1 aromatic carbocycles. The van der Waals surface area contributed by atoms with E-state index in [1.54, 1.807) is 12.1 Å². The van der Waals surface area contributed by atoms with Crippen molar-refractivity contribution in [2.45, 2.75) is 6.92 Å². The van der Waals surface area contributed by atoms with Crippen molar-refractivity contribution < 1.29 is 10.0 Å². The highest BCUT2D eigenvalue weighted by Crippen LogP contribution is 2.15. The van der Waals surface area contributed by atoms with E-state index in [4.69, 9.17) is 10.9 Å². The van der Waals surface area contributed by atoms with Gasteiger partial charge in [-0.15, -0.1) is 0 Å². The van der Waals surface area contributed by atoms with Crippen LogP contribution < -0.4 is 11.1 Å². The fourth-order valence-corrected chi connectivity index (χ4v) is 1.78. The van der Waals surface area contributed by atoms with Gasteiger partial charge in [-0.2, -0.15) is 0 Å². The Hall–Kier alpha value is -1.56. The third kappa shape index (κ3) is 3.54. The second kappa shape index (κ2) is 5.50. The monoisotopic (exact) mass is 285 g/mol. The van der Waals surface area contributed by atoms with Gasteiger partial charge in [-0.1, -0.05) is 21.1 Å². The van der Waals surface area contributed by atoms with Crippen molar-refractivity contribution in [3.63, 3.8) is 0 Å². The summed E-state index contributed by atoms with van der Waals surface area (Å²) < 4.78 is 0.835. The van der Waals surface area contributed by atoms with Crippen molar-refractivity contribution in [1.29, 1.82) is 0 Å². The number of nitrogens with zero attached hydrogens (tertiary/aromatic N) is 1. The van der Waals surface area contributed by atoms with Crippen LogP contribution in [0.2, 0.25) is 0 Å². The van der Waals surface area contributed by atoms with Crippen molar-refractivity contribution in [3.8, 4) is 0 Å². The second-order valence-corrected chi connectivity index (χ2v) is 4.21. The summed E-state index contributed by atoms with van der Waals surface area (Å²) in [7, 11) is 0. The molecule has 6 heteroatoms. The first-order valence-electron chi connectivity index (χ1n) is 4.54. The van der Waals surface area contributed by atoms with Gasteiger partial charge in [0.15, 0.2) is 5.84 Å². The number of amidine groups is 1. The van der Waals surface area contributed by atoms with E-state index in [-0.39, 0.29) is 18.3 Å². The zero-order valence-corrected chi connectivity index (χ0v) is 10.3. The average Bonchev–Trinajstić information content (AvgIpc) is 2.23. The Morgan fingerprint density at radius 2 is 2.25 bits per heavy atom. The van der Waals surface area contributed by atoms with Crippen LogP contribution in [-0.2, 0) is 0 Å². The van der Waals surface area contributed by atoms with Crippen LogP contribution in [0.25, 0.3) is 0 Å². The Bertz CT molecular complexity index is 412. The number of aryl methyl sites for hydroxylation is 1. The zero-order valence-electron chi connectivity index (χ0n) is 8.70. The van der Waals surface area contributed by atoms with Gasteiger partial charge in [0.05, 0.1) is 6.54 Å². The van der Waals surface area contributed by atoms with Gasteiger partial charge in [0.1, 0.15) is 0 Å². The third-order valence-corrected chi connectivity index (χ3v) is 2.32. The Morgan fingerprint density at radius 1 is 1.56 bits per heavy atom. The van der Waals surface area contributed by atoms with Gasteiger partial charge in [0.25, 0.3) is 5.91 Å². The molecule has 1 aromatic rings. The van der Waals surface area contributed by atoms with Crippen molar-refractivity contribution in [1.82, 2.24) is 5.32 Å². The van der Waals surface area contributed by atoms with Crippen molar-refractivity contribution >= 4 is 27.7 Å². The quantitative estimate of drug-likeness (QED) is 0.338. The molecule has 0 unspecified atom stereocenters. The summed E-state index contributed by atoms with van der Waals surface area (Å²) >= 11 is 3.31. The largest absolute Gasteiger partial charge is 0.409 e. The minimum absolute atomic E-state index is 0.0148. The van der Waals surface area contributed by atoms with E-state index in [1.807, 2.05) is 13.0 Å². The lowest BCUT2D eigenvalue weighted by Crippen LogP contribution is -2.33. The number of nitrogens with two attached hydrogens (primary N) is 1. The molecule has 0 saturated carbocycles. The summed E-state index contributed by atoms with van der Waals surface area (Å²) in [4.78, 5) is 11.6. The number of oxime groups is 1. The molecular formula is C10H12BrN3O2. The molecule has 86 valence electrons. The predicted molar refractivity (Wildman–Crippen MR) is 64.6 cm³/mol. The molecule has 16 heavy (non-hydrogen) atoms. The van der Waals surface area contributed by atoms with Gasteiger partial charge in [0, 0.05) is 10.0 Å². The van der Waals surface area contributed by atoms with Crippen molar-refractivity contribution in [3.05, 3.63) is 33.8 Å². The van der Waals surface area contributed by atoms with Gasteiger partial charge in [-0.05, 0) is 30.7 Å². The Labute approximate surface area is 101 Å². The average molecular weight is 286 g/mol. The fraction of sp³-hybridized carbons (Fsp3) is 0.200. The number of hydrogen-bond acceptors (Lipinski definition) is 3. The van der Waals surface area contributed by atoms with Crippen LogP contribution in [0.15, 0.2) is 27.8 Å². The van der Waals surface area contributed by atoms with E-state index in [2.05, 4.69) is 26.4 Å². The lowest BCUT2D eigenvalue weighted by molar-refractivity contribution is 0.0959. The van der Waals surface area contributed by atoms with Gasteiger partial charge >= 0.3 is 0 Å². The summed E-state index contributed by atoms with van der Waals surface area (Å²) in [6.07, 6.45) is 0. The van der Waals surface area contributed by atoms with Gasteiger partial charge < -0.3 is 16.3 Å². The number of halogens is 1. The standard InChI is InChI=1S/C10H12BrN3O2/c1-6-2-7(4-8(11)3-6)10(15)13-5-9(12)14-16/h2-4,16H,5H2,1H3,(H2,12,14)(H,13,15). The molecule has 1 rings (SSSR count). The van der Waals surface area contributed by atoms with E-state index < -0.39 is 0 Å². The van der Waals surface area contributed by atoms with Gasteiger partial charge in [0.2, 0.25) is 0 Å². The molecule has 0 saturated heterocycles. The maximum Gasteiger partial charge on any atom is 0.251 e. The summed E-state index contributed by atoms with van der Waals surface area (Å²) in [5.41, 5.74) is 6.74. The molecule has 0 atom stereocenters. The topological polar surface area (TPSA) is 87.7 Å². The number of amides is 1. The van der Waals surface area contributed by atoms with E-state index >= 15 is 0 Å². The summed E-state index contributed by atoms with van der Waals surface area (Å²) in [6.45, 7) is 1.91. The lowest BCUT2D eigenvalue weighted by Gasteiger charge is -2.05. The lowest BCUT2D eigenvalue weighted by atomic mass is 10.1. The number of carbonyl (C=O) groups is 1. The summed E-state index contributed by atoms with van der Waals surface area (Å²) in [6, 6.07) is 5.36. The molecule has 5 nitrogen and oxygen atoms in total.